The molecule has 1 aliphatic rings. The molecule has 4 aromatic rings. The first kappa shape index (κ1) is 27.6. The second kappa shape index (κ2) is 14.4. The van der Waals surface area contributed by atoms with Crippen molar-refractivity contribution in [3.8, 4) is 0 Å². The second-order valence-corrected chi connectivity index (χ2v) is 10.7. The molecule has 2 unspecified atom stereocenters. The van der Waals surface area contributed by atoms with Crippen LogP contribution in [-0.4, -0.2) is 41.6 Å². The Balaban J connectivity index is 1.35. The highest BCUT2D eigenvalue weighted by Gasteiger charge is 2.47. The van der Waals surface area contributed by atoms with E-state index in [2.05, 4.69) is 0 Å². The molecule has 6 heteroatoms. The van der Waals surface area contributed by atoms with Crippen molar-refractivity contribution in [2.24, 2.45) is 0 Å². The Hall–Kier alpha value is -2.97. The molecular formula is C33H34O5S. The van der Waals surface area contributed by atoms with Gasteiger partial charge in [-0.05, 0) is 28.8 Å². The van der Waals surface area contributed by atoms with E-state index in [4.69, 9.17) is 18.9 Å². The summed E-state index contributed by atoms with van der Waals surface area (Å²) in [4.78, 5) is 1.04. The fraction of sp³-hybridized carbons (Fsp3) is 0.273. The average Bonchev–Trinajstić information content (AvgIpc) is 2.99. The van der Waals surface area contributed by atoms with E-state index in [0.717, 1.165) is 21.6 Å². The number of aliphatic hydroxyl groups is 1. The highest BCUT2D eigenvalue weighted by molar-refractivity contribution is 7.99. The van der Waals surface area contributed by atoms with Gasteiger partial charge in [0.15, 0.2) is 0 Å². The van der Waals surface area contributed by atoms with Crippen molar-refractivity contribution in [2.75, 3.05) is 6.61 Å². The summed E-state index contributed by atoms with van der Waals surface area (Å²) >= 11 is 1.54. The highest BCUT2D eigenvalue weighted by Crippen LogP contribution is 2.36. The second-order valence-electron chi connectivity index (χ2n) is 9.49. The van der Waals surface area contributed by atoms with Crippen LogP contribution in [0.15, 0.2) is 126 Å². The molecule has 4 aromatic carbocycles. The number of ether oxygens (including phenoxy) is 4. The van der Waals surface area contributed by atoms with Crippen molar-refractivity contribution in [1.82, 2.24) is 0 Å². The molecule has 39 heavy (non-hydrogen) atoms. The standard InChI is InChI=1S/C33H34O5S/c34-30-31(36-22-26-15-7-2-8-16-26)29(24-35-21-25-13-5-1-6-14-25)38-33(39-28-19-11-4-12-20-28)32(30)37-23-27-17-9-3-10-18-27/h1-20,29-34H,21-24H2/t29?,30-,31-,32?,33+/m0/s1. The van der Waals surface area contributed by atoms with Gasteiger partial charge in [-0.3, -0.25) is 0 Å². The van der Waals surface area contributed by atoms with Gasteiger partial charge in [-0.25, -0.2) is 0 Å². The Morgan fingerprint density at radius 2 is 1.05 bits per heavy atom. The molecule has 1 saturated heterocycles. The zero-order valence-electron chi connectivity index (χ0n) is 21.8. The number of hydrogen-bond donors (Lipinski definition) is 1. The van der Waals surface area contributed by atoms with Gasteiger partial charge in [0, 0.05) is 4.90 Å². The Labute approximate surface area is 234 Å². The summed E-state index contributed by atoms with van der Waals surface area (Å²) in [5.41, 5.74) is 2.68. The van der Waals surface area contributed by atoms with Crippen LogP contribution in [0.5, 0.6) is 0 Å². The monoisotopic (exact) mass is 542 g/mol. The Morgan fingerprint density at radius 3 is 1.59 bits per heavy atom. The maximum Gasteiger partial charge on any atom is 0.137 e. The van der Waals surface area contributed by atoms with Gasteiger partial charge in [0.1, 0.15) is 29.9 Å². The minimum Gasteiger partial charge on any atom is -0.387 e. The summed E-state index contributed by atoms with van der Waals surface area (Å²) in [7, 11) is 0. The van der Waals surface area contributed by atoms with Crippen LogP contribution >= 0.6 is 11.8 Å². The van der Waals surface area contributed by atoms with Gasteiger partial charge in [0.2, 0.25) is 0 Å². The maximum absolute atomic E-state index is 11.7. The highest BCUT2D eigenvalue weighted by atomic mass is 32.2. The van der Waals surface area contributed by atoms with Gasteiger partial charge in [0.05, 0.1) is 26.4 Å². The molecule has 0 radical (unpaired) electrons. The fourth-order valence-corrected chi connectivity index (χ4v) is 5.70. The van der Waals surface area contributed by atoms with Crippen molar-refractivity contribution in [2.45, 2.75) is 54.6 Å². The first-order valence-corrected chi connectivity index (χ1v) is 14.1. The molecule has 5 rings (SSSR count). The van der Waals surface area contributed by atoms with Gasteiger partial charge in [-0.2, -0.15) is 0 Å². The summed E-state index contributed by atoms with van der Waals surface area (Å²) in [5, 5.41) is 11.7. The van der Waals surface area contributed by atoms with Gasteiger partial charge in [0.25, 0.3) is 0 Å². The summed E-state index contributed by atoms with van der Waals surface area (Å²) in [6, 6.07) is 40.0. The number of benzene rings is 4. The SMILES string of the molecule is O[C@@H]1C(OCc2ccccc2)[C@@H](Sc2ccccc2)OC(COCc2ccccc2)[C@@H]1OCc1ccccc1. The van der Waals surface area contributed by atoms with Crippen molar-refractivity contribution in [1.29, 1.82) is 0 Å². The number of rotatable bonds is 12. The van der Waals surface area contributed by atoms with Crippen LogP contribution in [0, 0.1) is 0 Å². The molecular weight excluding hydrogens is 508 g/mol. The molecule has 0 aliphatic carbocycles. The summed E-state index contributed by atoms with van der Waals surface area (Å²) in [6.07, 6.45) is -2.64. The van der Waals surface area contributed by atoms with Gasteiger partial charge >= 0.3 is 0 Å². The zero-order valence-corrected chi connectivity index (χ0v) is 22.6. The van der Waals surface area contributed by atoms with E-state index in [1.54, 1.807) is 11.8 Å². The first-order valence-electron chi connectivity index (χ1n) is 13.2. The lowest BCUT2D eigenvalue weighted by Gasteiger charge is -2.44. The number of thioether (sulfide) groups is 1. The quantitative estimate of drug-likeness (QED) is 0.228. The van der Waals surface area contributed by atoms with E-state index in [1.165, 1.54) is 0 Å². The summed E-state index contributed by atoms with van der Waals surface area (Å²) in [5.74, 6) is 0. The third-order valence-electron chi connectivity index (χ3n) is 6.58. The predicted octanol–water partition coefficient (Wildman–Crippen LogP) is 6.25. The number of hydrogen-bond acceptors (Lipinski definition) is 6. The molecule has 0 bridgehead atoms. The van der Waals surface area contributed by atoms with E-state index in [-0.39, 0.29) is 6.61 Å². The fourth-order valence-electron chi connectivity index (χ4n) is 4.54. The zero-order chi connectivity index (χ0) is 26.7. The van der Waals surface area contributed by atoms with Gasteiger partial charge < -0.3 is 24.1 Å². The lowest BCUT2D eigenvalue weighted by atomic mass is 9.99. The molecule has 0 saturated carbocycles. The van der Waals surface area contributed by atoms with Gasteiger partial charge in [-0.15, -0.1) is 0 Å². The molecule has 0 spiro atoms. The van der Waals surface area contributed by atoms with Crippen LogP contribution in [0.1, 0.15) is 16.7 Å². The lowest BCUT2D eigenvalue weighted by molar-refractivity contribution is -0.240. The van der Waals surface area contributed by atoms with Crippen LogP contribution < -0.4 is 0 Å². The molecule has 0 aromatic heterocycles. The largest absolute Gasteiger partial charge is 0.387 e. The third-order valence-corrected chi connectivity index (χ3v) is 7.73. The van der Waals surface area contributed by atoms with Crippen LogP contribution in [0.25, 0.3) is 0 Å². The Morgan fingerprint density at radius 1 is 0.590 bits per heavy atom. The van der Waals surface area contributed by atoms with Crippen molar-refractivity contribution in [3.63, 3.8) is 0 Å². The minimum atomic E-state index is -0.919. The lowest BCUT2D eigenvalue weighted by Crippen LogP contribution is -2.59. The van der Waals surface area contributed by atoms with Crippen LogP contribution in [0.4, 0.5) is 0 Å². The minimum absolute atomic E-state index is 0.280. The molecule has 1 N–H and O–H groups in total. The van der Waals surface area contributed by atoms with Crippen molar-refractivity contribution >= 4 is 11.8 Å². The predicted molar refractivity (Wildman–Crippen MR) is 153 cm³/mol. The van der Waals surface area contributed by atoms with E-state index < -0.39 is 29.9 Å². The molecule has 5 nitrogen and oxygen atoms in total. The molecule has 1 heterocycles. The topological polar surface area (TPSA) is 57.2 Å². The number of aliphatic hydroxyl groups excluding tert-OH is 1. The average molecular weight is 543 g/mol. The smallest absolute Gasteiger partial charge is 0.137 e. The summed E-state index contributed by atoms with van der Waals surface area (Å²) < 4.78 is 25.4. The van der Waals surface area contributed by atoms with E-state index in [0.29, 0.717) is 19.8 Å². The van der Waals surface area contributed by atoms with Crippen LogP contribution in [0.3, 0.4) is 0 Å². The molecule has 1 fully saturated rings. The van der Waals surface area contributed by atoms with Crippen molar-refractivity contribution in [3.05, 3.63) is 138 Å². The Bertz CT molecular complexity index is 1220. The van der Waals surface area contributed by atoms with E-state index >= 15 is 0 Å². The molecule has 1 aliphatic heterocycles. The molecule has 202 valence electrons. The summed E-state index contributed by atoms with van der Waals surface area (Å²) in [6.45, 7) is 1.44. The molecule has 5 atom stereocenters. The van der Waals surface area contributed by atoms with E-state index in [9.17, 15) is 5.11 Å². The van der Waals surface area contributed by atoms with Crippen molar-refractivity contribution < 1.29 is 24.1 Å². The first-order chi connectivity index (χ1) is 19.3. The van der Waals surface area contributed by atoms with E-state index in [1.807, 2.05) is 121 Å². The normalized spacial score (nSPS) is 22.9. The van der Waals surface area contributed by atoms with Gasteiger partial charge in [-0.1, -0.05) is 121 Å². The van der Waals surface area contributed by atoms with Crippen LogP contribution in [-0.2, 0) is 38.8 Å². The molecule has 0 amide bonds. The third kappa shape index (κ3) is 8.02. The van der Waals surface area contributed by atoms with Crippen LogP contribution in [0.2, 0.25) is 0 Å². The Kier molecular flexibility index (Phi) is 10.2. The maximum atomic E-state index is 11.7.